The largest absolute Gasteiger partial charge is 0.468 e. The Labute approximate surface area is 93.4 Å². The summed E-state index contributed by atoms with van der Waals surface area (Å²) in [6.45, 7) is 1.78. The molecule has 0 saturated heterocycles. The fourth-order valence-electron chi connectivity index (χ4n) is 1.38. The summed E-state index contributed by atoms with van der Waals surface area (Å²) >= 11 is 0. The molecule has 86 valence electrons. The van der Waals surface area contributed by atoms with Crippen molar-refractivity contribution in [3.8, 4) is 0 Å². The lowest BCUT2D eigenvalue weighted by Gasteiger charge is -1.97. The van der Waals surface area contributed by atoms with Crippen LogP contribution in [0.5, 0.6) is 0 Å². The van der Waals surface area contributed by atoms with Gasteiger partial charge in [-0.15, -0.1) is 0 Å². The Bertz CT molecular complexity index is 409. The van der Waals surface area contributed by atoms with Gasteiger partial charge in [-0.05, 0) is 12.1 Å². The van der Waals surface area contributed by atoms with E-state index in [4.69, 9.17) is 13.7 Å². The maximum Gasteiger partial charge on any atom is 0.162 e. The van der Waals surface area contributed by atoms with E-state index in [1.807, 2.05) is 18.2 Å². The highest BCUT2D eigenvalue weighted by molar-refractivity contribution is 5.04. The molecule has 0 fully saturated rings. The summed E-state index contributed by atoms with van der Waals surface area (Å²) < 4.78 is 15.2. The van der Waals surface area contributed by atoms with E-state index in [9.17, 15) is 0 Å². The average Bonchev–Trinajstić information content (AvgIpc) is 2.90. The van der Waals surface area contributed by atoms with E-state index < -0.39 is 0 Å². The molecule has 2 heterocycles. The van der Waals surface area contributed by atoms with E-state index in [-0.39, 0.29) is 0 Å². The molecule has 0 saturated carbocycles. The monoisotopic (exact) mass is 222 g/mol. The highest BCUT2D eigenvalue weighted by atomic mass is 16.5. The molecule has 0 bridgehead atoms. The average molecular weight is 222 g/mol. The summed E-state index contributed by atoms with van der Waals surface area (Å²) in [4.78, 5) is 0. The summed E-state index contributed by atoms with van der Waals surface area (Å²) in [5.41, 5.74) is 0.860. The summed E-state index contributed by atoms with van der Waals surface area (Å²) in [6.07, 6.45) is 1.66. The van der Waals surface area contributed by atoms with Gasteiger partial charge in [0.1, 0.15) is 12.4 Å². The molecule has 5 nitrogen and oxygen atoms in total. The second kappa shape index (κ2) is 5.48. The number of nitrogens with one attached hydrogen (secondary N) is 1. The number of methoxy groups -OCH3 is 1. The molecule has 0 aromatic carbocycles. The van der Waals surface area contributed by atoms with Gasteiger partial charge < -0.3 is 19.0 Å². The topological polar surface area (TPSA) is 60.4 Å². The van der Waals surface area contributed by atoms with Crippen LogP contribution in [0.15, 0.2) is 33.4 Å². The standard InChI is InChI=1S/C11H14N2O3/c1-14-8-11-5-9(13-16-11)6-12-7-10-3-2-4-15-10/h2-5,12H,6-8H2,1H3. The van der Waals surface area contributed by atoms with Gasteiger partial charge in [0.05, 0.1) is 18.5 Å². The van der Waals surface area contributed by atoms with Crippen molar-refractivity contribution in [3.05, 3.63) is 41.7 Å². The van der Waals surface area contributed by atoms with E-state index in [1.165, 1.54) is 0 Å². The molecule has 0 aliphatic rings. The first-order valence-electron chi connectivity index (χ1n) is 5.05. The summed E-state index contributed by atoms with van der Waals surface area (Å²) in [7, 11) is 1.62. The van der Waals surface area contributed by atoms with E-state index in [2.05, 4.69) is 10.5 Å². The molecule has 0 aliphatic carbocycles. The van der Waals surface area contributed by atoms with Crippen LogP contribution in [0.4, 0.5) is 0 Å². The number of hydrogen-bond acceptors (Lipinski definition) is 5. The minimum Gasteiger partial charge on any atom is -0.468 e. The van der Waals surface area contributed by atoms with Crippen LogP contribution in [0.2, 0.25) is 0 Å². The van der Waals surface area contributed by atoms with Crippen molar-refractivity contribution >= 4 is 0 Å². The number of hydrogen-bond donors (Lipinski definition) is 1. The zero-order valence-electron chi connectivity index (χ0n) is 9.10. The Morgan fingerprint density at radius 2 is 2.31 bits per heavy atom. The lowest BCUT2D eigenvalue weighted by Crippen LogP contribution is -2.12. The maximum absolute atomic E-state index is 5.19. The third-order valence-corrected chi connectivity index (χ3v) is 2.08. The van der Waals surface area contributed by atoms with Gasteiger partial charge in [0.2, 0.25) is 0 Å². The van der Waals surface area contributed by atoms with E-state index >= 15 is 0 Å². The first-order chi connectivity index (χ1) is 7.88. The van der Waals surface area contributed by atoms with Crippen LogP contribution in [-0.4, -0.2) is 12.3 Å². The minimum absolute atomic E-state index is 0.450. The van der Waals surface area contributed by atoms with Gasteiger partial charge in [-0.2, -0.15) is 0 Å². The molecule has 16 heavy (non-hydrogen) atoms. The predicted octanol–water partition coefficient (Wildman–Crippen LogP) is 1.70. The zero-order valence-corrected chi connectivity index (χ0v) is 9.10. The van der Waals surface area contributed by atoms with Crippen LogP contribution in [-0.2, 0) is 24.4 Å². The van der Waals surface area contributed by atoms with Crippen molar-refractivity contribution in [2.75, 3.05) is 7.11 Å². The van der Waals surface area contributed by atoms with Crippen molar-refractivity contribution in [1.82, 2.24) is 10.5 Å². The first-order valence-corrected chi connectivity index (χ1v) is 5.05. The van der Waals surface area contributed by atoms with E-state index in [0.717, 1.165) is 17.2 Å². The molecular formula is C11H14N2O3. The smallest absolute Gasteiger partial charge is 0.162 e. The molecule has 1 N–H and O–H groups in total. The molecule has 0 amide bonds. The predicted molar refractivity (Wildman–Crippen MR) is 56.5 cm³/mol. The highest BCUT2D eigenvalue weighted by Crippen LogP contribution is 2.05. The second-order valence-electron chi connectivity index (χ2n) is 3.40. The van der Waals surface area contributed by atoms with Gasteiger partial charge in [0.15, 0.2) is 5.76 Å². The molecule has 5 heteroatoms. The van der Waals surface area contributed by atoms with E-state index in [1.54, 1.807) is 13.4 Å². The van der Waals surface area contributed by atoms with Gasteiger partial charge in [0, 0.05) is 19.7 Å². The van der Waals surface area contributed by atoms with Gasteiger partial charge in [-0.1, -0.05) is 5.16 Å². The fourth-order valence-corrected chi connectivity index (χ4v) is 1.38. The molecule has 2 aromatic rings. The molecule has 2 aromatic heterocycles. The Balaban J connectivity index is 1.76. The SMILES string of the molecule is COCc1cc(CNCc2ccco2)no1. The summed E-state index contributed by atoms with van der Waals surface area (Å²) in [5.74, 6) is 1.64. The Kier molecular flexibility index (Phi) is 3.74. The van der Waals surface area contributed by atoms with Crippen LogP contribution in [0, 0.1) is 0 Å². The molecule has 0 aliphatic heterocycles. The minimum atomic E-state index is 0.450. The van der Waals surface area contributed by atoms with Crippen molar-refractivity contribution in [2.24, 2.45) is 0 Å². The number of furan rings is 1. The normalized spacial score (nSPS) is 10.8. The number of rotatable bonds is 6. The Hall–Kier alpha value is -1.59. The van der Waals surface area contributed by atoms with Gasteiger partial charge in [0.25, 0.3) is 0 Å². The fraction of sp³-hybridized carbons (Fsp3) is 0.364. The Morgan fingerprint density at radius 3 is 3.06 bits per heavy atom. The molecule has 0 spiro atoms. The Morgan fingerprint density at radius 1 is 1.38 bits per heavy atom. The van der Waals surface area contributed by atoms with Crippen LogP contribution in [0.3, 0.4) is 0 Å². The van der Waals surface area contributed by atoms with Crippen LogP contribution in [0.25, 0.3) is 0 Å². The summed E-state index contributed by atoms with van der Waals surface area (Å²) in [6, 6.07) is 5.66. The molecular weight excluding hydrogens is 208 g/mol. The molecule has 0 atom stereocenters. The second-order valence-corrected chi connectivity index (χ2v) is 3.40. The quantitative estimate of drug-likeness (QED) is 0.806. The van der Waals surface area contributed by atoms with Crippen LogP contribution < -0.4 is 5.32 Å². The van der Waals surface area contributed by atoms with Gasteiger partial charge in [-0.3, -0.25) is 0 Å². The van der Waals surface area contributed by atoms with Crippen molar-refractivity contribution in [1.29, 1.82) is 0 Å². The zero-order chi connectivity index (χ0) is 11.2. The van der Waals surface area contributed by atoms with Crippen LogP contribution >= 0.6 is 0 Å². The lowest BCUT2D eigenvalue weighted by atomic mass is 10.3. The van der Waals surface area contributed by atoms with Gasteiger partial charge in [-0.25, -0.2) is 0 Å². The van der Waals surface area contributed by atoms with Crippen molar-refractivity contribution < 1.29 is 13.7 Å². The maximum atomic E-state index is 5.19. The molecule has 0 radical (unpaired) electrons. The first kappa shape index (κ1) is 10.9. The molecule has 2 rings (SSSR count). The molecule has 0 unspecified atom stereocenters. The van der Waals surface area contributed by atoms with Crippen molar-refractivity contribution in [2.45, 2.75) is 19.7 Å². The highest BCUT2D eigenvalue weighted by Gasteiger charge is 2.03. The van der Waals surface area contributed by atoms with Crippen LogP contribution in [0.1, 0.15) is 17.2 Å². The number of aromatic nitrogens is 1. The van der Waals surface area contributed by atoms with Gasteiger partial charge >= 0.3 is 0 Å². The van der Waals surface area contributed by atoms with E-state index in [0.29, 0.717) is 19.7 Å². The third-order valence-electron chi connectivity index (χ3n) is 2.08. The summed E-state index contributed by atoms with van der Waals surface area (Å²) in [5, 5.41) is 7.11. The van der Waals surface area contributed by atoms with Crippen molar-refractivity contribution in [3.63, 3.8) is 0 Å². The lowest BCUT2D eigenvalue weighted by molar-refractivity contribution is 0.155. The number of nitrogens with zero attached hydrogens (tertiary/aromatic N) is 1. The number of ether oxygens (including phenoxy) is 1. The third kappa shape index (κ3) is 2.95.